The number of carboxylic acids is 2. The lowest BCUT2D eigenvalue weighted by Crippen LogP contribution is -2.45. The maximum atomic E-state index is 12.2. The number of benzene rings is 3. The van der Waals surface area contributed by atoms with Crippen LogP contribution in [0, 0.1) is 19.8 Å². The topological polar surface area (TPSA) is 178 Å². The van der Waals surface area contributed by atoms with Crippen molar-refractivity contribution in [2.24, 2.45) is 5.92 Å². The SMILES string of the molecule is CCOC(=O)C1CCCNC1c1ccc(NC2CCCC2)cc1.Cc1ccc(C(=O)OC(C(=O)O)C(OC(=O)c2ccc(C)cc2)C(=O)O)cc1. The van der Waals surface area contributed by atoms with Crippen molar-refractivity contribution in [3.05, 3.63) is 101 Å². The number of aliphatic carboxylic acids is 2. The Morgan fingerprint density at radius 2 is 1.22 bits per heavy atom. The van der Waals surface area contributed by atoms with E-state index < -0.39 is 36.1 Å². The summed E-state index contributed by atoms with van der Waals surface area (Å²) in [5.41, 5.74) is 4.16. The zero-order valence-electron chi connectivity index (χ0n) is 29.1. The van der Waals surface area contributed by atoms with Gasteiger partial charge in [0.1, 0.15) is 0 Å². The molecular formula is C39H46N2O10. The second kappa shape index (κ2) is 18.7. The minimum atomic E-state index is -2.22. The van der Waals surface area contributed by atoms with E-state index in [0.29, 0.717) is 12.6 Å². The number of rotatable bonds is 12. The summed E-state index contributed by atoms with van der Waals surface area (Å²) in [7, 11) is 0. The van der Waals surface area contributed by atoms with Gasteiger partial charge in [-0.15, -0.1) is 0 Å². The molecule has 1 aliphatic carbocycles. The van der Waals surface area contributed by atoms with Crippen LogP contribution in [0.5, 0.6) is 0 Å². The quantitative estimate of drug-likeness (QED) is 0.131. The molecule has 51 heavy (non-hydrogen) atoms. The molecule has 1 saturated heterocycles. The fraction of sp³-hybridized carbons (Fsp3) is 0.410. The van der Waals surface area contributed by atoms with Gasteiger partial charge in [-0.25, -0.2) is 19.2 Å². The lowest BCUT2D eigenvalue weighted by molar-refractivity contribution is -0.166. The molecule has 0 amide bonds. The maximum absolute atomic E-state index is 12.2. The molecule has 2 aliphatic rings. The van der Waals surface area contributed by atoms with E-state index in [1.54, 1.807) is 38.1 Å². The van der Waals surface area contributed by atoms with E-state index >= 15 is 0 Å². The zero-order chi connectivity index (χ0) is 36.9. The standard InChI is InChI=1S/C20H18O8.C19H28N2O2/c1-11-3-7-13(8-4-11)19(25)27-15(17(21)22)16(18(23)24)28-20(26)14-9-5-12(2)6-10-14;1-2-23-19(22)17-8-5-13-20-18(17)14-9-11-16(12-10-14)21-15-6-3-4-7-15/h3-10,15-16H,1-2H3,(H,21,22)(H,23,24);9-12,15,17-18,20-21H,2-8,13H2,1H3. The van der Waals surface area contributed by atoms with E-state index in [-0.39, 0.29) is 29.1 Å². The molecule has 0 bridgehead atoms. The van der Waals surface area contributed by atoms with Crippen LogP contribution in [0.1, 0.15) is 88.9 Å². The molecule has 2 fully saturated rings. The van der Waals surface area contributed by atoms with Crippen molar-refractivity contribution >= 4 is 35.5 Å². The van der Waals surface area contributed by atoms with Crippen LogP contribution in [0.2, 0.25) is 0 Å². The summed E-state index contributed by atoms with van der Waals surface area (Å²) in [5.74, 6) is -5.76. The highest BCUT2D eigenvalue weighted by Crippen LogP contribution is 2.31. The first-order valence-electron chi connectivity index (χ1n) is 17.2. The summed E-state index contributed by atoms with van der Waals surface area (Å²) in [6.07, 6.45) is 2.71. The minimum Gasteiger partial charge on any atom is -0.478 e. The zero-order valence-corrected chi connectivity index (χ0v) is 29.1. The highest BCUT2D eigenvalue weighted by molar-refractivity contribution is 5.95. The lowest BCUT2D eigenvalue weighted by Gasteiger charge is -2.31. The molecule has 1 aliphatic heterocycles. The van der Waals surface area contributed by atoms with Crippen molar-refractivity contribution in [2.75, 3.05) is 18.5 Å². The van der Waals surface area contributed by atoms with Gasteiger partial charge >= 0.3 is 29.8 Å². The molecule has 3 aromatic carbocycles. The van der Waals surface area contributed by atoms with Gasteiger partial charge in [0.15, 0.2) is 0 Å². The van der Waals surface area contributed by atoms with E-state index in [2.05, 4.69) is 34.9 Å². The molecule has 12 nitrogen and oxygen atoms in total. The van der Waals surface area contributed by atoms with Crippen LogP contribution < -0.4 is 10.6 Å². The Hall–Kier alpha value is -5.23. The highest BCUT2D eigenvalue weighted by Gasteiger charge is 2.41. The van der Waals surface area contributed by atoms with Gasteiger partial charge in [0.25, 0.3) is 0 Å². The molecule has 3 aromatic rings. The average molecular weight is 703 g/mol. The molecule has 4 unspecified atom stereocenters. The molecular weight excluding hydrogens is 656 g/mol. The highest BCUT2D eigenvalue weighted by atomic mass is 16.6. The van der Waals surface area contributed by atoms with Crippen molar-refractivity contribution in [2.45, 2.75) is 83.6 Å². The Morgan fingerprint density at radius 3 is 1.67 bits per heavy atom. The predicted molar refractivity (Wildman–Crippen MR) is 188 cm³/mol. The molecule has 5 rings (SSSR count). The van der Waals surface area contributed by atoms with Crippen molar-refractivity contribution in [1.82, 2.24) is 5.32 Å². The summed E-state index contributed by atoms with van der Waals surface area (Å²) in [6.45, 7) is 6.86. The number of carbonyl (C=O) groups excluding carboxylic acids is 3. The fourth-order valence-corrected chi connectivity index (χ4v) is 6.06. The number of carbonyl (C=O) groups is 5. The molecule has 1 saturated carbocycles. The maximum Gasteiger partial charge on any atom is 0.349 e. The molecule has 272 valence electrons. The van der Waals surface area contributed by atoms with Crippen molar-refractivity contribution in [3.63, 3.8) is 0 Å². The molecule has 12 heteroatoms. The average Bonchev–Trinajstić information content (AvgIpc) is 3.64. The van der Waals surface area contributed by atoms with Gasteiger partial charge in [-0.2, -0.15) is 0 Å². The number of carboxylic acid groups (broad SMARTS) is 2. The number of aryl methyl sites for hydroxylation is 2. The largest absolute Gasteiger partial charge is 0.478 e. The van der Waals surface area contributed by atoms with Crippen molar-refractivity contribution in [3.8, 4) is 0 Å². The molecule has 4 atom stereocenters. The number of esters is 3. The van der Waals surface area contributed by atoms with E-state index in [0.717, 1.165) is 30.5 Å². The number of nitrogens with one attached hydrogen (secondary N) is 2. The van der Waals surface area contributed by atoms with Gasteiger partial charge in [0.05, 0.1) is 23.7 Å². The second-order valence-electron chi connectivity index (χ2n) is 12.7. The summed E-state index contributed by atoms with van der Waals surface area (Å²) in [4.78, 5) is 59.5. The number of hydrogen-bond donors (Lipinski definition) is 4. The van der Waals surface area contributed by atoms with Crippen LogP contribution in [0.25, 0.3) is 0 Å². The van der Waals surface area contributed by atoms with Crippen molar-refractivity contribution in [1.29, 1.82) is 0 Å². The fourth-order valence-electron chi connectivity index (χ4n) is 6.06. The number of piperidine rings is 1. The van der Waals surface area contributed by atoms with Crippen LogP contribution in [0.15, 0.2) is 72.8 Å². The normalized spacial score (nSPS) is 18.3. The van der Waals surface area contributed by atoms with Gasteiger partial charge in [-0.1, -0.05) is 60.4 Å². The molecule has 0 spiro atoms. The van der Waals surface area contributed by atoms with E-state index in [1.807, 2.05) is 6.92 Å². The van der Waals surface area contributed by atoms with E-state index in [1.165, 1.54) is 61.2 Å². The Balaban J connectivity index is 0.000000233. The third-order valence-electron chi connectivity index (χ3n) is 8.85. The summed E-state index contributed by atoms with van der Waals surface area (Å²) < 4.78 is 14.9. The monoisotopic (exact) mass is 702 g/mol. The molecule has 0 radical (unpaired) electrons. The molecule has 4 N–H and O–H groups in total. The third kappa shape index (κ3) is 11.1. The minimum absolute atomic E-state index is 0.0332. The van der Waals surface area contributed by atoms with Crippen molar-refractivity contribution < 1.29 is 48.4 Å². The Kier molecular flexibility index (Phi) is 14.1. The Bertz CT molecular complexity index is 1560. The Morgan fingerprint density at radius 1 is 0.725 bits per heavy atom. The lowest BCUT2D eigenvalue weighted by atomic mass is 9.86. The first-order chi connectivity index (χ1) is 24.5. The number of anilines is 1. The smallest absolute Gasteiger partial charge is 0.349 e. The third-order valence-corrected chi connectivity index (χ3v) is 8.85. The number of ether oxygens (including phenoxy) is 3. The summed E-state index contributed by atoms with van der Waals surface area (Å²) >= 11 is 0. The molecule has 0 aromatic heterocycles. The molecule has 1 heterocycles. The van der Waals surface area contributed by atoms with Crippen LogP contribution >= 0.6 is 0 Å². The predicted octanol–water partition coefficient (Wildman–Crippen LogP) is 5.87. The van der Waals surface area contributed by atoms with Gasteiger partial charge in [-0.05, 0) is 95.0 Å². The van der Waals surface area contributed by atoms with E-state index in [9.17, 15) is 34.2 Å². The van der Waals surface area contributed by atoms with Crippen LogP contribution in [0.3, 0.4) is 0 Å². The first kappa shape index (κ1) is 38.6. The van der Waals surface area contributed by atoms with Crippen LogP contribution in [0.4, 0.5) is 5.69 Å². The van der Waals surface area contributed by atoms with Gasteiger partial charge in [0.2, 0.25) is 12.2 Å². The van der Waals surface area contributed by atoms with Crippen LogP contribution in [-0.4, -0.2) is 71.5 Å². The van der Waals surface area contributed by atoms with Gasteiger partial charge in [-0.3, -0.25) is 4.79 Å². The van der Waals surface area contributed by atoms with Gasteiger partial charge < -0.3 is 35.1 Å². The second-order valence-corrected chi connectivity index (χ2v) is 12.7. The Labute approximate surface area is 297 Å². The number of hydrogen-bond acceptors (Lipinski definition) is 10. The van der Waals surface area contributed by atoms with Gasteiger partial charge in [0, 0.05) is 17.8 Å². The first-order valence-corrected chi connectivity index (χ1v) is 17.2. The van der Waals surface area contributed by atoms with E-state index in [4.69, 9.17) is 14.2 Å². The van der Waals surface area contributed by atoms with Crippen LogP contribution in [-0.2, 0) is 28.6 Å². The summed E-state index contributed by atoms with van der Waals surface area (Å²) in [6, 6.07) is 21.3. The summed E-state index contributed by atoms with van der Waals surface area (Å²) in [5, 5.41) is 25.8.